The lowest BCUT2D eigenvalue weighted by Crippen LogP contribution is -2.48. The van der Waals surface area contributed by atoms with Gasteiger partial charge in [0.1, 0.15) is 12.4 Å². The molecular weight excluding hydrogens is 424 g/mol. The summed E-state index contributed by atoms with van der Waals surface area (Å²) in [6.07, 6.45) is 0.281. The third kappa shape index (κ3) is 3.67. The van der Waals surface area contributed by atoms with Crippen LogP contribution in [0.25, 0.3) is 0 Å². The maximum absolute atomic E-state index is 12.8. The average molecular weight is 443 g/mol. The summed E-state index contributed by atoms with van der Waals surface area (Å²) in [5, 5.41) is 3.09. The van der Waals surface area contributed by atoms with Crippen LogP contribution in [-0.2, 0) is 28.1 Å². The number of alkyl halides is 1. The van der Waals surface area contributed by atoms with E-state index in [1.165, 1.54) is 5.56 Å². The number of nitrogens with one attached hydrogen (secondary N) is 1. The summed E-state index contributed by atoms with van der Waals surface area (Å²) in [5.74, 6) is -0.180. The molecule has 2 aromatic carbocycles. The number of amides is 3. The van der Waals surface area contributed by atoms with Crippen molar-refractivity contribution in [2.45, 2.75) is 37.4 Å². The predicted molar refractivity (Wildman–Crippen MR) is 106 cm³/mol. The fourth-order valence-corrected chi connectivity index (χ4v) is 3.99. The summed E-state index contributed by atoms with van der Waals surface area (Å²) in [5.41, 5.74) is 3.61. The molecule has 0 radical (unpaired) electrons. The van der Waals surface area contributed by atoms with E-state index in [0.717, 1.165) is 16.5 Å². The van der Waals surface area contributed by atoms with Crippen molar-refractivity contribution < 1.29 is 19.1 Å². The van der Waals surface area contributed by atoms with Gasteiger partial charge < -0.3 is 9.64 Å². The topological polar surface area (TPSA) is 75.7 Å². The van der Waals surface area contributed by atoms with Gasteiger partial charge in [0.15, 0.2) is 0 Å². The van der Waals surface area contributed by atoms with E-state index < -0.39 is 6.04 Å². The lowest BCUT2D eigenvalue weighted by Gasteiger charge is -2.29. The van der Waals surface area contributed by atoms with Crippen molar-refractivity contribution >= 4 is 33.7 Å². The number of fused-ring (bicyclic) bond motifs is 1. The summed E-state index contributed by atoms with van der Waals surface area (Å²) < 4.78 is 6.00. The van der Waals surface area contributed by atoms with E-state index in [2.05, 4.69) is 21.2 Å². The fraction of sp³-hybridized carbons (Fsp3) is 0.286. The molecule has 0 aliphatic carbocycles. The van der Waals surface area contributed by atoms with Gasteiger partial charge in [-0.05, 0) is 23.3 Å². The van der Waals surface area contributed by atoms with Crippen molar-refractivity contribution in [2.75, 3.05) is 0 Å². The minimum absolute atomic E-state index is 0.140. The zero-order chi connectivity index (χ0) is 19.7. The maximum Gasteiger partial charge on any atom is 0.254 e. The Bertz CT molecular complexity index is 926. The second-order valence-corrected chi connectivity index (χ2v) is 7.55. The van der Waals surface area contributed by atoms with Crippen LogP contribution < -0.4 is 10.1 Å². The molecule has 144 valence electrons. The first-order valence-corrected chi connectivity index (χ1v) is 10.2. The lowest BCUT2D eigenvalue weighted by atomic mass is 10.0. The largest absolute Gasteiger partial charge is 0.489 e. The van der Waals surface area contributed by atoms with Gasteiger partial charge in [-0.2, -0.15) is 0 Å². The van der Waals surface area contributed by atoms with E-state index in [4.69, 9.17) is 4.74 Å². The Morgan fingerprint density at radius 1 is 1.00 bits per heavy atom. The van der Waals surface area contributed by atoms with Gasteiger partial charge in [-0.3, -0.25) is 19.7 Å². The Balaban J connectivity index is 1.50. The number of carbonyl (C=O) groups is 3. The molecule has 28 heavy (non-hydrogen) atoms. The number of piperidine rings is 1. The Morgan fingerprint density at radius 2 is 1.68 bits per heavy atom. The number of imide groups is 1. The predicted octanol–water partition coefficient (Wildman–Crippen LogP) is 2.92. The molecule has 6 nitrogen and oxygen atoms in total. The number of ether oxygens (including phenoxy) is 1. The van der Waals surface area contributed by atoms with Crippen molar-refractivity contribution in [3.8, 4) is 5.75 Å². The molecule has 0 atom stereocenters. The van der Waals surface area contributed by atoms with Gasteiger partial charge in [0, 0.05) is 35.3 Å². The van der Waals surface area contributed by atoms with Crippen LogP contribution in [0.4, 0.5) is 0 Å². The molecule has 2 aliphatic heterocycles. The summed E-state index contributed by atoms with van der Waals surface area (Å²) in [6.45, 7) is 0.746. The van der Waals surface area contributed by atoms with E-state index >= 15 is 0 Å². The summed E-state index contributed by atoms with van der Waals surface area (Å²) >= 11 is 3.43. The van der Waals surface area contributed by atoms with E-state index in [1.54, 1.807) is 17.0 Å². The lowest BCUT2D eigenvalue weighted by molar-refractivity contribution is -0.135. The molecule has 7 heteroatoms. The molecule has 2 heterocycles. The summed E-state index contributed by atoms with van der Waals surface area (Å²) in [6, 6.07) is 13.1. The van der Waals surface area contributed by atoms with Crippen LogP contribution >= 0.6 is 15.9 Å². The molecule has 2 aliphatic rings. The van der Waals surface area contributed by atoms with Crippen LogP contribution in [0.15, 0.2) is 42.5 Å². The number of hydrogen-bond donors (Lipinski definition) is 1. The van der Waals surface area contributed by atoms with Crippen molar-refractivity contribution in [1.29, 1.82) is 0 Å². The van der Waals surface area contributed by atoms with Gasteiger partial charge in [0.25, 0.3) is 5.91 Å². The monoisotopic (exact) mass is 442 g/mol. The smallest absolute Gasteiger partial charge is 0.254 e. The number of rotatable bonds is 5. The molecule has 0 saturated carbocycles. The number of benzene rings is 2. The fourth-order valence-electron chi connectivity index (χ4n) is 3.62. The zero-order valence-electron chi connectivity index (χ0n) is 15.1. The Labute approximate surface area is 171 Å². The molecule has 1 saturated heterocycles. The van der Waals surface area contributed by atoms with Crippen LogP contribution in [0.5, 0.6) is 5.75 Å². The molecule has 1 fully saturated rings. The molecule has 3 amide bonds. The van der Waals surface area contributed by atoms with Crippen molar-refractivity contribution in [1.82, 2.24) is 10.2 Å². The molecule has 1 N–H and O–H groups in total. The third-order valence-electron chi connectivity index (χ3n) is 5.09. The van der Waals surface area contributed by atoms with Crippen LogP contribution in [-0.4, -0.2) is 28.7 Å². The highest BCUT2D eigenvalue weighted by atomic mass is 79.9. The van der Waals surface area contributed by atoms with Crippen LogP contribution in [0.3, 0.4) is 0 Å². The highest BCUT2D eigenvalue weighted by Gasteiger charge is 2.38. The van der Waals surface area contributed by atoms with E-state index in [1.807, 2.05) is 30.3 Å². The first kappa shape index (κ1) is 18.7. The number of halogens is 1. The van der Waals surface area contributed by atoms with Crippen molar-refractivity contribution in [2.24, 2.45) is 0 Å². The highest BCUT2D eigenvalue weighted by Crippen LogP contribution is 2.34. The van der Waals surface area contributed by atoms with Crippen LogP contribution in [0.2, 0.25) is 0 Å². The van der Waals surface area contributed by atoms with E-state index in [0.29, 0.717) is 24.5 Å². The molecule has 0 aromatic heterocycles. The number of hydrogen-bond acceptors (Lipinski definition) is 4. The first-order chi connectivity index (χ1) is 13.5. The molecule has 4 rings (SSSR count). The minimum atomic E-state index is -0.411. The SMILES string of the molecule is O=C1CC(N2Cc3c(OCc4ccc(CBr)cc4)cccc3C2=O)CC(=O)N1. The van der Waals surface area contributed by atoms with Gasteiger partial charge in [0.05, 0.1) is 6.54 Å². The molecule has 0 spiro atoms. The minimum Gasteiger partial charge on any atom is -0.489 e. The summed E-state index contributed by atoms with van der Waals surface area (Å²) in [7, 11) is 0. The van der Waals surface area contributed by atoms with Crippen molar-refractivity contribution in [3.05, 3.63) is 64.7 Å². The van der Waals surface area contributed by atoms with Crippen molar-refractivity contribution in [3.63, 3.8) is 0 Å². The first-order valence-electron chi connectivity index (χ1n) is 9.07. The number of carbonyl (C=O) groups excluding carboxylic acids is 3. The molecule has 2 aromatic rings. The Morgan fingerprint density at radius 3 is 2.36 bits per heavy atom. The van der Waals surface area contributed by atoms with Gasteiger partial charge in [0.2, 0.25) is 11.8 Å². The van der Waals surface area contributed by atoms with Crippen LogP contribution in [0.1, 0.15) is 39.9 Å². The Kier molecular flexibility index (Phi) is 5.17. The van der Waals surface area contributed by atoms with Crippen LogP contribution in [0, 0.1) is 0 Å². The maximum atomic E-state index is 12.8. The molecule has 0 bridgehead atoms. The summed E-state index contributed by atoms with van der Waals surface area (Å²) in [4.78, 5) is 37.8. The molecular formula is C21H19BrN2O4. The molecule has 0 unspecified atom stereocenters. The second-order valence-electron chi connectivity index (χ2n) is 6.99. The quantitative estimate of drug-likeness (QED) is 0.570. The van der Waals surface area contributed by atoms with Gasteiger partial charge in [-0.25, -0.2) is 0 Å². The number of nitrogens with zero attached hydrogens (tertiary/aromatic N) is 1. The highest BCUT2D eigenvalue weighted by molar-refractivity contribution is 9.08. The Hall–Kier alpha value is -2.67. The third-order valence-corrected chi connectivity index (χ3v) is 5.73. The normalized spacial score (nSPS) is 16.9. The van der Waals surface area contributed by atoms with E-state index in [9.17, 15) is 14.4 Å². The van der Waals surface area contributed by atoms with Gasteiger partial charge in [-0.1, -0.05) is 46.3 Å². The standard InChI is InChI=1S/C21H19BrN2O4/c22-10-13-4-6-14(7-5-13)12-28-18-3-1-2-16-17(18)11-24(21(16)27)15-8-19(25)23-20(26)9-15/h1-7,15H,8-12H2,(H,23,25,26). The second kappa shape index (κ2) is 7.75. The zero-order valence-corrected chi connectivity index (χ0v) is 16.7. The van der Waals surface area contributed by atoms with Gasteiger partial charge in [-0.15, -0.1) is 0 Å². The average Bonchev–Trinajstić information content (AvgIpc) is 3.03. The van der Waals surface area contributed by atoms with Gasteiger partial charge >= 0.3 is 0 Å². The van der Waals surface area contributed by atoms with E-state index in [-0.39, 0.29) is 30.6 Å².